The monoisotopic (exact) mass is 309 g/mol. The standard InChI is InChI=1S/C17H15N3O3/c1-19-17(22)20-16(21)15(12-7-3-2-4-8-12)23-14-10-6-5-9-13(14)11-18/h2-10,15H,1H3,(H2,19,20,21,22)/t15-/m0/s1. The van der Waals surface area contributed by atoms with Gasteiger partial charge in [-0.2, -0.15) is 5.26 Å². The second kappa shape index (κ2) is 7.61. The van der Waals surface area contributed by atoms with Crippen LogP contribution in [0.4, 0.5) is 4.79 Å². The summed E-state index contributed by atoms with van der Waals surface area (Å²) in [4.78, 5) is 23.7. The van der Waals surface area contributed by atoms with Gasteiger partial charge >= 0.3 is 6.03 Å². The Hall–Kier alpha value is -3.33. The smallest absolute Gasteiger partial charge is 0.321 e. The number of benzene rings is 2. The highest BCUT2D eigenvalue weighted by molar-refractivity contribution is 5.97. The van der Waals surface area contributed by atoms with E-state index in [4.69, 9.17) is 10.00 Å². The van der Waals surface area contributed by atoms with Crippen LogP contribution in [0.15, 0.2) is 54.6 Å². The first-order chi connectivity index (χ1) is 11.2. The number of urea groups is 1. The summed E-state index contributed by atoms with van der Waals surface area (Å²) in [6.07, 6.45) is -1.05. The number of hydrogen-bond donors (Lipinski definition) is 2. The summed E-state index contributed by atoms with van der Waals surface area (Å²) in [6, 6.07) is 16.7. The summed E-state index contributed by atoms with van der Waals surface area (Å²) < 4.78 is 5.72. The number of amides is 3. The van der Waals surface area contributed by atoms with E-state index in [0.717, 1.165) is 0 Å². The quantitative estimate of drug-likeness (QED) is 0.905. The van der Waals surface area contributed by atoms with Crippen LogP contribution in [0.5, 0.6) is 5.75 Å². The van der Waals surface area contributed by atoms with E-state index in [2.05, 4.69) is 10.6 Å². The third-order valence-corrected chi connectivity index (χ3v) is 3.06. The topological polar surface area (TPSA) is 91.2 Å². The maximum Gasteiger partial charge on any atom is 0.321 e. The Balaban J connectivity index is 2.33. The number of nitriles is 1. The lowest BCUT2D eigenvalue weighted by molar-refractivity contribution is -0.127. The molecule has 0 bridgehead atoms. The van der Waals surface area contributed by atoms with Gasteiger partial charge in [0.15, 0.2) is 0 Å². The number of hydrogen-bond acceptors (Lipinski definition) is 4. The van der Waals surface area contributed by atoms with Gasteiger partial charge in [0.25, 0.3) is 5.91 Å². The van der Waals surface area contributed by atoms with Crippen molar-refractivity contribution in [3.05, 3.63) is 65.7 Å². The third-order valence-electron chi connectivity index (χ3n) is 3.06. The molecule has 116 valence electrons. The summed E-state index contributed by atoms with van der Waals surface area (Å²) in [5.41, 5.74) is 0.878. The predicted octanol–water partition coefficient (Wildman–Crippen LogP) is 2.13. The molecule has 2 aromatic carbocycles. The lowest BCUT2D eigenvalue weighted by Gasteiger charge is -2.19. The number of imide groups is 1. The van der Waals surface area contributed by atoms with Crippen LogP contribution in [0.25, 0.3) is 0 Å². The SMILES string of the molecule is CNC(=O)NC(=O)[C@@H](Oc1ccccc1C#N)c1ccccc1. The molecule has 0 spiro atoms. The molecule has 3 amide bonds. The molecular weight excluding hydrogens is 294 g/mol. The van der Waals surface area contributed by atoms with Gasteiger partial charge < -0.3 is 10.1 Å². The molecule has 0 aliphatic rings. The van der Waals surface area contributed by atoms with Crippen LogP contribution >= 0.6 is 0 Å². The summed E-state index contributed by atoms with van der Waals surface area (Å²) in [5, 5.41) is 13.6. The minimum absolute atomic E-state index is 0.274. The second-order valence-electron chi connectivity index (χ2n) is 4.58. The fraction of sp³-hybridized carbons (Fsp3) is 0.118. The fourth-order valence-electron chi connectivity index (χ4n) is 1.93. The lowest BCUT2D eigenvalue weighted by Crippen LogP contribution is -2.41. The molecule has 0 aliphatic carbocycles. The van der Waals surface area contributed by atoms with Gasteiger partial charge in [-0.05, 0) is 12.1 Å². The Labute approximate surface area is 133 Å². The maximum absolute atomic E-state index is 12.3. The number of carbonyl (C=O) groups excluding carboxylic acids is 2. The first kappa shape index (κ1) is 16.0. The Morgan fingerprint density at radius 1 is 1.09 bits per heavy atom. The summed E-state index contributed by atoms with van der Waals surface area (Å²) in [6.45, 7) is 0. The molecule has 0 unspecified atom stereocenters. The number of nitrogens with zero attached hydrogens (tertiary/aromatic N) is 1. The minimum atomic E-state index is -1.05. The van der Waals surface area contributed by atoms with E-state index in [1.54, 1.807) is 54.6 Å². The van der Waals surface area contributed by atoms with E-state index in [9.17, 15) is 9.59 Å². The first-order valence-corrected chi connectivity index (χ1v) is 6.89. The van der Waals surface area contributed by atoms with Gasteiger partial charge in [0.1, 0.15) is 11.8 Å². The molecule has 6 heteroatoms. The molecule has 0 saturated carbocycles. The molecule has 0 fully saturated rings. The molecule has 0 radical (unpaired) electrons. The van der Waals surface area contributed by atoms with Crippen LogP contribution in [0.1, 0.15) is 17.2 Å². The second-order valence-corrected chi connectivity index (χ2v) is 4.58. The van der Waals surface area contributed by atoms with Crippen molar-refractivity contribution >= 4 is 11.9 Å². The summed E-state index contributed by atoms with van der Waals surface area (Å²) >= 11 is 0. The highest BCUT2D eigenvalue weighted by Gasteiger charge is 2.25. The van der Waals surface area contributed by atoms with Crippen LogP contribution < -0.4 is 15.4 Å². The zero-order valence-corrected chi connectivity index (χ0v) is 12.4. The Bertz CT molecular complexity index is 738. The average Bonchev–Trinajstić information content (AvgIpc) is 2.60. The average molecular weight is 309 g/mol. The molecular formula is C17H15N3O3. The van der Waals surface area contributed by atoms with E-state index in [-0.39, 0.29) is 5.75 Å². The van der Waals surface area contributed by atoms with Gasteiger partial charge in [-0.25, -0.2) is 4.79 Å². The minimum Gasteiger partial charge on any atom is -0.474 e. The van der Waals surface area contributed by atoms with Crippen LogP contribution in [0, 0.1) is 11.3 Å². The van der Waals surface area contributed by atoms with Crippen molar-refractivity contribution in [1.29, 1.82) is 5.26 Å². The maximum atomic E-state index is 12.3. The van der Waals surface area contributed by atoms with Crippen LogP contribution in [-0.4, -0.2) is 19.0 Å². The number of ether oxygens (including phenoxy) is 1. The number of rotatable bonds is 4. The zero-order chi connectivity index (χ0) is 16.7. The van der Waals surface area contributed by atoms with Gasteiger partial charge in [-0.1, -0.05) is 42.5 Å². The molecule has 1 atom stereocenters. The number of para-hydroxylation sites is 1. The van der Waals surface area contributed by atoms with Gasteiger partial charge in [0.2, 0.25) is 6.10 Å². The highest BCUT2D eigenvalue weighted by atomic mass is 16.5. The van der Waals surface area contributed by atoms with Gasteiger partial charge in [-0.3, -0.25) is 10.1 Å². The zero-order valence-electron chi connectivity index (χ0n) is 12.4. The first-order valence-electron chi connectivity index (χ1n) is 6.89. The van der Waals surface area contributed by atoms with Crippen LogP contribution in [-0.2, 0) is 4.79 Å². The van der Waals surface area contributed by atoms with Crippen molar-refractivity contribution in [2.45, 2.75) is 6.10 Å². The Morgan fingerprint density at radius 2 is 1.74 bits per heavy atom. The van der Waals surface area contributed by atoms with E-state index in [1.165, 1.54) is 7.05 Å². The van der Waals surface area contributed by atoms with Gasteiger partial charge in [-0.15, -0.1) is 0 Å². The molecule has 6 nitrogen and oxygen atoms in total. The van der Waals surface area contributed by atoms with Crippen molar-refractivity contribution < 1.29 is 14.3 Å². The lowest BCUT2D eigenvalue weighted by atomic mass is 10.1. The number of nitrogens with one attached hydrogen (secondary N) is 2. The molecule has 2 N–H and O–H groups in total. The molecule has 2 rings (SSSR count). The van der Waals surface area contributed by atoms with Gasteiger partial charge in [0.05, 0.1) is 5.56 Å². The molecule has 0 aliphatic heterocycles. The predicted molar refractivity (Wildman–Crippen MR) is 83.6 cm³/mol. The Morgan fingerprint density at radius 3 is 2.39 bits per heavy atom. The molecule has 2 aromatic rings. The molecule has 23 heavy (non-hydrogen) atoms. The van der Waals surface area contributed by atoms with Crippen LogP contribution in [0.3, 0.4) is 0 Å². The van der Waals surface area contributed by atoms with Crippen LogP contribution in [0.2, 0.25) is 0 Å². The van der Waals surface area contributed by atoms with E-state index >= 15 is 0 Å². The molecule has 0 aromatic heterocycles. The van der Waals surface area contributed by atoms with E-state index in [0.29, 0.717) is 11.1 Å². The van der Waals surface area contributed by atoms with Crippen molar-refractivity contribution in [1.82, 2.24) is 10.6 Å². The summed E-state index contributed by atoms with van der Waals surface area (Å²) in [7, 11) is 1.41. The van der Waals surface area contributed by atoms with Gasteiger partial charge in [0, 0.05) is 12.6 Å². The van der Waals surface area contributed by atoms with Crippen molar-refractivity contribution in [2.75, 3.05) is 7.05 Å². The third kappa shape index (κ3) is 4.08. The highest BCUT2D eigenvalue weighted by Crippen LogP contribution is 2.25. The number of carbonyl (C=O) groups is 2. The van der Waals surface area contributed by atoms with Crippen molar-refractivity contribution in [3.63, 3.8) is 0 Å². The fourth-order valence-corrected chi connectivity index (χ4v) is 1.93. The normalized spacial score (nSPS) is 11.0. The molecule has 0 heterocycles. The molecule has 0 saturated heterocycles. The van der Waals surface area contributed by atoms with Crippen molar-refractivity contribution in [3.8, 4) is 11.8 Å². The van der Waals surface area contributed by atoms with Crippen molar-refractivity contribution in [2.24, 2.45) is 0 Å². The largest absolute Gasteiger partial charge is 0.474 e. The summed E-state index contributed by atoms with van der Waals surface area (Å²) in [5.74, 6) is -0.348. The Kier molecular flexibility index (Phi) is 5.31. The van der Waals surface area contributed by atoms with E-state index < -0.39 is 18.0 Å². The van der Waals surface area contributed by atoms with E-state index in [1.807, 2.05) is 6.07 Å².